The summed E-state index contributed by atoms with van der Waals surface area (Å²) in [7, 11) is 0. The fourth-order valence-corrected chi connectivity index (χ4v) is 4.00. The molecule has 3 heteroatoms. The molecule has 154 valence electrons. The SMILES string of the molecule is C1=C[C@@H](Cc2ccccc2)[C@@H](Cc2ccccc2)[C@H](COOCc2ccccc2)O1. The van der Waals surface area contributed by atoms with Gasteiger partial charge in [-0.25, -0.2) is 9.78 Å². The molecule has 3 aromatic rings. The topological polar surface area (TPSA) is 27.7 Å². The fraction of sp³-hybridized carbons (Fsp3) is 0.259. The molecule has 0 spiro atoms. The van der Waals surface area contributed by atoms with Crippen LogP contribution in [0.15, 0.2) is 103 Å². The zero-order chi connectivity index (χ0) is 20.4. The lowest BCUT2D eigenvalue weighted by Crippen LogP contribution is -2.37. The molecule has 3 nitrogen and oxygen atoms in total. The summed E-state index contributed by atoms with van der Waals surface area (Å²) >= 11 is 0. The largest absolute Gasteiger partial charge is 0.495 e. The van der Waals surface area contributed by atoms with Crippen LogP contribution in [0.5, 0.6) is 0 Å². The third-order valence-corrected chi connectivity index (χ3v) is 5.62. The van der Waals surface area contributed by atoms with E-state index in [9.17, 15) is 0 Å². The van der Waals surface area contributed by atoms with Crippen LogP contribution in [-0.4, -0.2) is 12.7 Å². The standard InChI is InChI=1S/C27H28O3/c1-4-10-22(11-5-1)18-25-16-17-28-27(26(25)19-23-12-6-2-7-13-23)21-30-29-20-24-14-8-3-9-15-24/h1-17,25-27H,18-21H2/t25-,26+,27-/m0/s1. The molecule has 0 unspecified atom stereocenters. The van der Waals surface area contributed by atoms with E-state index in [1.807, 2.05) is 36.6 Å². The molecule has 0 radical (unpaired) electrons. The number of hydrogen-bond donors (Lipinski definition) is 0. The van der Waals surface area contributed by atoms with Crippen LogP contribution in [0.3, 0.4) is 0 Å². The monoisotopic (exact) mass is 400 g/mol. The molecule has 1 heterocycles. The van der Waals surface area contributed by atoms with E-state index in [-0.39, 0.29) is 6.10 Å². The molecule has 1 aliphatic heterocycles. The summed E-state index contributed by atoms with van der Waals surface area (Å²) in [6.07, 6.45) is 5.90. The first kappa shape index (κ1) is 20.4. The molecule has 0 fully saturated rings. The molecule has 30 heavy (non-hydrogen) atoms. The molecule has 0 saturated carbocycles. The summed E-state index contributed by atoms with van der Waals surface area (Å²) in [5, 5.41) is 0. The van der Waals surface area contributed by atoms with Crippen LogP contribution in [0.2, 0.25) is 0 Å². The molecule has 3 aromatic carbocycles. The third kappa shape index (κ3) is 5.82. The van der Waals surface area contributed by atoms with Crippen LogP contribution < -0.4 is 0 Å². The van der Waals surface area contributed by atoms with Gasteiger partial charge in [-0.3, -0.25) is 0 Å². The lowest BCUT2D eigenvalue weighted by molar-refractivity contribution is -0.317. The first-order valence-corrected chi connectivity index (χ1v) is 10.6. The second kappa shape index (κ2) is 10.8. The van der Waals surface area contributed by atoms with Crippen molar-refractivity contribution < 1.29 is 14.5 Å². The number of rotatable bonds is 9. The lowest BCUT2D eigenvalue weighted by atomic mass is 9.78. The van der Waals surface area contributed by atoms with Crippen molar-refractivity contribution in [2.75, 3.05) is 6.61 Å². The zero-order valence-electron chi connectivity index (χ0n) is 17.1. The van der Waals surface area contributed by atoms with E-state index in [4.69, 9.17) is 14.5 Å². The average Bonchev–Trinajstić information content (AvgIpc) is 2.80. The van der Waals surface area contributed by atoms with Crippen molar-refractivity contribution in [1.29, 1.82) is 0 Å². The summed E-state index contributed by atoms with van der Waals surface area (Å²) in [6, 6.07) is 31.3. The van der Waals surface area contributed by atoms with Gasteiger partial charge in [-0.05, 0) is 41.5 Å². The molecule has 4 rings (SSSR count). The van der Waals surface area contributed by atoms with Crippen molar-refractivity contribution in [2.45, 2.75) is 25.6 Å². The van der Waals surface area contributed by atoms with Gasteiger partial charge in [0, 0.05) is 5.92 Å². The summed E-state index contributed by atoms with van der Waals surface area (Å²) < 4.78 is 6.00. The first-order valence-electron chi connectivity index (χ1n) is 10.6. The van der Waals surface area contributed by atoms with Crippen molar-refractivity contribution in [3.8, 4) is 0 Å². The van der Waals surface area contributed by atoms with Gasteiger partial charge >= 0.3 is 0 Å². The predicted molar refractivity (Wildman–Crippen MR) is 118 cm³/mol. The highest BCUT2D eigenvalue weighted by Gasteiger charge is 2.33. The van der Waals surface area contributed by atoms with Gasteiger partial charge in [0.15, 0.2) is 0 Å². The maximum atomic E-state index is 6.00. The minimum absolute atomic E-state index is 0.0558. The Kier molecular flexibility index (Phi) is 7.32. The summed E-state index contributed by atoms with van der Waals surface area (Å²) in [4.78, 5) is 11.1. The van der Waals surface area contributed by atoms with E-state index in [0.29, 0.717) is 25.0 Å². The number of benzene rings is 3. The van der Waals surface area contributed by atoms with Gasteiger partial charge in [-0.1, -0.05) is 91.0 Å². The van der Waals surface area contributed by atoms with E-state index in [1.165, 1.54) is 11.1 Å². The molecule has 0 N–H and O–H groups in total. The Bertz CT molecular complexity index is 893. The van der Waals surface area contributed by atoms with Gasteiger partial charge in [0.2, 0.25) is 0 Å². The molecule has 0 bridgehead atoms. The summed E-state index contributed by atoms with van der Waals surface area (Å²) in [6.45, 7) is 0.833. The molecular formula is C27H28O3. The third-order valence-electron chi connectivity index (χ3n) is 5.62. The predicted octanol–water partition coefficient (Wildman–Crippen LogP) is 5.77. The molecular weight excluding hydrogens is 372 g/mol. The average molecular weight is 401 g/mol. The Labute approximate surface area is 178 Å². The fourth-order valence-electron chi connectivity index (χ4n) is 4.00. The molecule has 1 aliphatic rings. The summed E-state index contributed by atoms with van der Waals surface area (Å²) in [5.74, 6) is 0.682. The van der Waals surface area contributed by atoms with Gasteiger partial charge in [0.05, 0.1) is 6.26 Å². The maximum absolute atomic E-state index is 6.00. The van der Waals surface area contributed by atoms with Crippen LogP contribution >= 0.6 is 0 Å². The van der Waals surface area contributed by atoms with Gasteiger partial charge in [0.1, 0.15) is 19.3 Å². The number of allylic oxidation sites excluding steroid dienone is 1. The van der Waals surface area contributed by atoms with Crippen molar-refractivity contribution in [2.24, 2.45) is 11.8 Å². The Morgan fingerprint density at radius 2 is 1.20 bits per heavy atom. The highest BCUT2D eigenvalue weighted by Crippen LogP contribution is 2.31. The number of hydrogen-bond acceptors (Lipinski definition) is 3. The highest BCUT2D eigenvalue weighted by molar-refractivity contribution is 5.20. The lowest BCUT2D eigenvalue weighted by Gasteiger charge is -2.35. The second-order valence-corrected chi connectivity index (χ2v) is 7.74. The van der Waals surface area contributed by atoms with E-state index in [2.05, 4.69) is 66.7 Å². The maximum Gasteiger partial charge on any atom is 0.128 e. The Hall–Kier alpha value is -2.88. The van der Waals surface area contributed by atoms with Crippen LogP contribution in [0, 0.1) is 11.8 Å². The van der Waals surface area contributed by atoms with Gasteiger partial charge in [-0.2, -0.15) is 0 Å². The smallest absolute Gasteiger partial charge is 0.128 e. The van der Waals surface area contributed by atoms with Crippen molar-refractivity contribution in [1.82, 2.24) is 0 Å². The Balaban J connectivity index is 1.41. The minimum Gasteiger partial charge on any atom is -0.495 e. The molecule has 0 amide bonds. The van der Waals surface area contributed by atoms with Gasteiger partial charge in [-0.15, -0.1) is 0 Å². The Morgan fingerprint density at radius 3 is 1.83 bits per heavy atom. The quantitative estimate of drug-likeness (QED) is 0.259. The normalized spacial score (nSPS) is 20.6. The van der Waals surface area contributed by atoms with E-state index >= 15 is 0 Å². The highest BCUT2D eigenvalue weighted by atomic mass is 17.2. The molecule has 0 saturated heterocycles. The van der Waals surface area contributed by atoms with Crippen molar-refractivity contribution in [3.05, 3.63) is 120 Å². The number of ether oxygens (including phenoxy) is 1. The van der Waals surface area contributed by atoms with E-state index in [1.54, 1.807) is 0 Å². The van der Waals surface area contributed by atoms with Crippen LogP contribution in [-0.2, 0) is 34.0 Å². The molecule has 3 atom stereocenters. The van der Waals surface area contributed by atoms with Crippen LogP contribution in [0.1, 0.15) is 16.7 Å². The Morgan fingerprint density at radius 1 is 0.633 bits per heavy atom. The van der Waals surface area contributed by atoms with E-state index in [0.717, 1.165) is 18.4 Å². The first-order chi connectivity index (χ1) is 14.9. The molecule has 0 aromatic heterocycles. The van der Waals surface area contributed by atoms with Gasteiger partial charge < -0.3 is 4.74 Å². The van der Waals surface area contributed by atoms with E-state index < -0.39 is 0 Å². The summed E-state index contributed by atoms with van der Waals surface area (Å²) in [5.41, 5.74) is 3.74. The van der Waals surface area contributed by atoms with Crippen LogP contribution in [0.4, 0.5) is 0 Å². The van der Waals surface area contributed by atoms with Gasteiger partial charge in [0.25, 0.3) is 0 Å². The minimum atomic E-state index is -0.0558. The molecule has 0 aliphatic carbocycles. The second-order valence-electron chi connectivity index (χ2n) is 7.74. The van der Waals surface area contributed by atoms with Crippen molar-refractivity contribution >= 4 is 0 Å². The zero-order valence-corrected chi connectivity index (χ0v) is 17.1. The van der Waals surface area contributed by atoms with Crippen molar-refractivity contribution in [3.63, 3.8) is 0 Å². The van der Waals surface area contributed by atoms with Crippen LogP contribution in [0.25, 0.3) is 0 Å².